The lowest BCUT2D eigenvalue weighted by Crippen LogP contribution is -2.15. The minimum atomic E-state index is -0.898. The number of nitrogens with one attached hydrogen (secondary N) is 1. The maximum Gasteiger partial charge on any atom is 0.337 e. The normalized spacial score (nSPS) is 11.0. The third-order valence-corrected chi connectivity index (χ3v) is 5.07. The predicted molar refractivity (Wildman–Crippen MR) is 109 cm³/mol. The fourth-order valence-electron chi connectivity index (χ4n) is 3.41. The molecule has 5 heteroatoms. The Morgan fingerprint density at radius 3 is 2.19 bits per heavy atom. The van der Waals surface area contributed by atoms with Crippen molar-refractivity contribution in [2.45, 2.75) is 33.9 Å². The molecule has 3 aromatic rings. The number of halogens is 1. The molecule has 0 unspecified atom stereocenters. The molecule has 1 heterocycles. The van der Waals surface area contributed by atoms with Crippen LogP contribution in [0.1, 0.15) is 38.4 Å². The van der Waals surface area contributed by atoms with Gasteiger partial charge in [0.2, 0.25) is 0 Å². The van der Waals surface area contributed by atoms with Gasteiger partial charge in [-0.15, -0.1) is 0 Å². The van der Waals surface area contributed by atoms with Crippen molar-refractivity contribution in [2.24, 2.45) is 0 Å². The number of carbonyl (C=O) groups is 1. The average Bonchev–Trinajstić information content (AvgIpc) is 2.88. The van der Waals surface area contributed by atoms with Gasteiger partial charge in [0.15, 0.2) is 0 Å². The van der Waals surface area contributed by atoms with E-state index in [4.69, 9.17) is 11.6 Å². The summed E-state index contributed by atoms with van der Waals surface area (Å²) >= 11 is 5.92. The second-order valence-corrected chi connectivity index (χ2v) is 7.17. The van der Waals surface area contributed by atoms with Gasteiger partial charge in [0.05, 0.1) is 5.56 Å². The monoisotopic (exact) mass is 382 g/mol. The molecule has 0 aliphatic rings. The Morgan fingerprint density at radius 2 is 1.59 bits per heavy atom. The number of benzene rings is 2. The van der Waals surface area contributed by atoms with E-state index in [2.05, 4.69) is 5.32 Å². The summed E-state index contributed by atoms with van der Waals surface area (Å²) < 4.78 is 2.02. The zero-order valence-corrected chi connectivity index (χ0v) is 16.5. The molecule has 2 aromatic carbocycles. The van der Waals surface area contributed by atoms with Crippen LogP contribution in [0.4, 0.5) is 0 Å². The van der Waals surface area contributed by atoms with Gasteiger partial charge in [-0.1, -0.05) is 41.4 Å². The van der Waals surface area contributed by atoms with E-state index < -0.39 is 5.97 Å². The quantitative estimate of drug-likeness (QED) is 0.627. The van der Waals surface area contributed by atoms with Gasteiger partial charge >= 0.3 is 5.97 Å². The van der Waals surface area contributed by atoms with Crippen molar-refractivity contribution in [1.82, 2.24) is 9.88 Å². The zero-order chi connectivity index (χ0) is 19.6. The highest BCUT2D eigenvalue weighted by molar-refractivity contribution is 6.30. The number of aryl methyl sites for hydroxylation is 1. The smallest absolute Gasteiger partial charge is 0.337 e. The SMILES string of the molecule is Cc1ccc(-n2c(C)c(CNCc3ccc(Cl)cc3)c(C(=O)O)c2C)cc1. The Balaban J connectivity index is 1.89. The first-order valence-corrected chi connectivity index (χ1v) is 9.22. The number of aromatic nitrogens is 1. The fraction of sp³-hybridized carbons (Fsp3) is 0.227. The van der Waals surface area contributed by atoms with Crippen molar-refractivity contribution >= 4 is 17.6 Å². The number of carboxylic acids is 1. The summed E-state index contributed by atoms with van der Waals surface area (Å²) in [5.41, 5.74) is 6.12. The van der Waals surface area contributed by atoms with Crippen LogP contribution in [-0.2, 0) is 13.1 Å². The van der Waals surface area contributed by atoms with E-state index in [1.165, 1.54) is 5.56 Å². The molecule has 0 fully saturated rings. The third kappa shape index (κ3) is 4.07. The summed E-state index contributed by atoms with van der Waals surface area (Å²) in [7, 11) is 0. The molecule has 0 spiro atoms. The van der Waals surface area contributed by atoms with Gasteiger partial charge in [-0.3, -0.25) is 0 Å². The second kappa shape index (κ2) is 7.99. The van der Waals surface area contributed by atoms with Crippen molar-refractivity contribution in [3.63, 3.8) is 0 Å². The van der Waals surface area contributed by atoms with Crippen molar-refractivity contribution in [3.05, 3.63) is 87.2 Å². The molecule has 0 amide bonds. The Morgan fingerprint density at radius 1 is 0.963 bits per heavy atom. The third-order valence-electron chi connectivity index (χ3n) is 4.82. The van der Waals surface area contributed by atoms with Crippen LogP contribution in [0.5, 0.6) is 0 Å². The summed E-state index contributed by atoms with van der Waals surface area (Å²) in [5, 5.41) is 13.8. The predicted octanol–water partition coefficient (Wildman–Crippen LogP) is 5.04. The number of carboxylic acid groups (broad SMARTS) is 1. The average molecular weight is 383 g/mol. The van der Waals surface area contributed by atoms with Crippen molar-refractivity contribution < 1.29 is 9.90 Å². The van der Waals surface area contributed by atoms with Crippen LogP contribution in [0.25, 0.3) is 5.69 Å². The van der Waals surface area contributed by atoms with Crippen LogP contribution in [0.2, 0.25) is 5.02 Å². The maximum absolute atomic E-state index is 11.9. The largest absolute Gasteiger partial charge is 0.478 e. The zero-order valence-electron chi connectivity index (χ0n) is 15.7. The van der Waals surface area contributed by atoms with Gasteiger partial charge in [-0.25, -0.2) is 4.79 Å². The van der Waals surface area contributed by atoms with Crippen molar-refractivity contribution in [3.8, 4) is 5.69 Å². The molecule has 0 radical (unpaired) electrons. The van der Waals surface area contributed by atoms with Crippen molar-refractivity contribution in [2.75, 3.05) is 0 Å². The molecule has 0 aliphatic carbocycles. The summed E-state index contributed by atoms with van der Waals surface area (Å²) in [5.74, 6) is -0.898. The van der Waals surface area contributed by atoms with E-state index in [0.29, 0.717) is 23.7 Å². The molecule has 3 rings (SSSR count). The van der Waals surface area contributed by atoms with Gasteiger partial charge in [-0.05, 0) is 50.6 Å². The molecular formula is C22H23ClN2O2. The Hall–Kier alpha value is -2.56. The van der Waals surface area contributed by atoms with Crippen LogP contribution in [-0.4, -0.2) is 15.6 Å². The summed E-state index contributed by atoms with van der Waals surface area (Å²) in [4.78, 5) is 11.9. The molecule has 0 atom stereocenters. The van der Waals surface area contributed by atoms with Crippen molar-refractivity contribution in [1.29, 1.82) is 0 Å². The molecular weight excluding hydrogens is 360 g/mol. The first kappa shape index (κ1) is 19.2. The standard InChI is InChI=1S/C22H23ClN2O2/c1-14-4-10-19(11-5-14)25-15(2)20(21(16(25)3)22(26)27)13-24-12-17-6-8-18(23)9-7-17/h4-11,24H,12-13H2,1-3H3,(H,26,27). The van der Waals surface area contributed by atoms with E-state index in [9.17, 15) is 9.90 Å². The van der Waals surface area contributed by atoms with E-state index in [0.717, 1.165) is 28.2 Å². The van der Waals surface area contributed by atoms with Gasteiger partial charge in [-0.2, -0.15) is 0 Å². The number of hydrogen-bond donors (Lipinski definition) is 2. The van der Waals surface area contributed by atoms with E-state index in [-0.39, 0.29) is 0 Å². The van der Waals surface area contributed by atoms with E-state index >= 15 is 0 Å². The first-order valence-electron chi connectivity index (χ1n) is 8.84. The minimum absolute atomic E-state index is 0.372. The van der Waals surface area contributed by atoms with Crippen LogP contribution in [0, 0.1) is 20.8 Å². The number of rotatable bonds is 6. The molecule has 0 bridgehead atoms. The van der Waals surface area contributed by atoms with Gasteiger partial charge in [0.1, 0.15) is 0 Å². The molecule has 0 saturated heterocycles. The lowest BCUT2D eigenvalue weighted by Gasteiger charge is -2.10. The fourth-order valence-corrected chi connectivity index (χ4v) is 3.54. The van der Waals surface area contributed by atoms with Crippen LogP contribution in [0.15, 0.2) is 48.5 Å². The second-order valence-electron chi connectivity index (χ2n) is 6.73. The van der Waals surface area contributed by atoms with Gasteiger partial charge in [0.25, 0.3) is 0 Å². The highest BCUT2D eigenvalue weighted by Gasteiger charge is 2.23. The number of nitrogens with zero attached hydrogens (tertiary/aromatic N) is 1. The first-order chi connectivity index (χ1) is 12.9. The molecule has 140 valence electrons. The van der Waals surface area contributed by atoms with E-state index in [1.807, 2.05) is 73.9 Å². The van der Waals surface area contributed by atoms with Crippen LogP contribution >= 0.6 is 11.6 Å². The molecule has 0 aliphatic heterocycles. The topological polar surface area (TPSA) is 54.3 Å². The van der Waals surface area contributed by atoms with Gasteiger partial charge < -0.3 is 15.0 Å². The molecule has 1 aromatic heterocycles. The lowest BCUT2D eigenvalue weighted by atomic mass is 10.1. The highest BCUT2D eigenvalue weighted by Crippen LogP contribution is 2.26. The Bertz CT molecular complexity index is 957. The Kier molecular flexibility index (Phi) is 5.68. The Labute approximate surface area is 164 Å². The summed E-state index contributed by atoms with van der Waals surface area (Å²) in [6.07, 6.45) is 0. The van der Waals surface area contributed by atoms with Gasteiger partial charge in [0, 0.05) is 40.8 Å². The lowest BCUT2D eigenvalue weighted by molar-refractivity contribution is 0.0695. The van der Waals surface area contributed by atoms with Crippen LogP contribution < -0.4 is 5.32 Å². The number of hydrogen-bond acceptors (Lipinski definition) is 2. The van der Waals surface area contributed by atoms with Crippen LogP contribution in [0.3, 0.4) is 0 Å². The molecule has 0 saturated carbocycles. The summed E-state index contributed by atoms with van der Waals surface area (Å²) in [6.45, 7) is 6.99. The molecule has 27 heavy (non-hydrogen) atoms. The summed E-state index contributed by atoms with van der Waals surface area (Å²) in [6, 6.07) is 15.7. The highest BCUT2D eigenvalue weighted by atomic mass is 35.5. The molecule has 2 N–H and O–H groups in total. The molecule has 4 nitrogen and oxygen atoms in total. The minimum Gasteiger partial charge on any atom is -0.478 e. The number of aromatic carboxylic acids is 1. The maximum atomic E-state index is 11.9. The van der Waals surface area contributed by atoms with E-state index in [1.54, 1.807) is 0 Å².